The second kappa shape index (κ2) is 9.07. The molecule has 2 aliphatic heterocycles. The minimum Gasteiger partial charge on any atom is -0.369 e. The predicted molar refractivity (Wildman–Crippen MR) is 135 cm³/mol. The van der Waals surface area contributed by atoms with E-state index in [1.807, 2.05) is 19.2 Å². The zero-order valence-electron chi connectivity index (χ0n) is 19.3. The number of carbonyl (C=O) groups excluding carboxylic acids is 3. The Bertz CT molecular complexity index is 1230. The second-order valence-electron chi connectivity index (χ2n) is 9.21. The number of hydrogen-bond donors (Lipinski definition) is 1. The van der Waals surface area contributed by atoms with Gasteiger partial charge in [-0.05, 0) is 79.4 Å². The fourth-order valence-corrected chi connectivity index (χ4v) is 5.43. The van der Waals surface area contributed by atoms with E-state index in [1.54, 1.807) is 12.1 Å². The third-order valence-corrected chi connectivity index (χ3v) is 7.60. The van der Waals surface area contributed by atoms with E-state index in [0.717, 1.165) is 34.3 Å². The molecule has 0 aromatic heterocycles. The topological polar surface area (TPSA) is 69.7 Å². The molecule has 0 bridgehead atoms. The molecule has 2 heterocycles. The van der Waals surface area contributed by atoms with Gasteiger partial charge in [0.25, 0.3) is 11.1 Å². The van der Waals surface area contributed by atoms with Crippen molar-refractivity contribution < 1.29 is 18.8 Å². The number of thioether (sulfide) groups is 1. The number of nitrogens with one attached hydrogen (secondary N) is 1. The Morgan fingerprint density at radius 3 is 2.71 bits per heavy atom. The molecule has 178 valence electrons. The van der Waals surface area contributed by atoms with Gasteiger partial charge in [0, 0.05) is 23.3 Å². The summed E-state index contributed by atoms with van der Waals surface area (Å²) in [5.41, 5.74) is 2.79. The smallest absolute Gasteiger partial charge is 0.294 e. The lowest BCUT2D eigenvalue weighted by molar-refractivity contribution is -0.127. The maximum Gasteiger partial charge on any atom is 0.294 e. The average molecular weight is 502 g/mol. The Hall–Kier alpha value is -2.84. The summed E-state index contributed by atoms with van der Waals surface area (Å²) >= 11 is 7.32. The minimum absolute atomic E-state index is 0.0108. The van der Waals surface area contributed by atoms with Gasteiger partial charge in [-0.25, -0.2) is 4.39 Å². The summed E-state index contributed by atoms with van der Waals surface area (Å²) in [4.78, 5) is 40.9. The van der Waals surface area contributed by atoms with Gasteiger partial charge in [-0.1, -0.05) is 30.7 Å². The lowest BCUT2D eigenvalue weighted by Gasteiger charge is -2.45. The number of anilines is 2. The van der Waals surface area contributed by atoms with Crippen LogP contribution in [-0.4, -0.2) is 41.1 Å². The summed E-state index contributed by atoms with van der Waals surface area (Å²) in [6, 6.07) is 9.54. The van der Waals surface area contributed by atoms with Crippen molar-refractivity contribution in [1.82, 2.24) is 4.90 Å². The summed E-state index contributed by atoms with van der Waals surface area (Å²) in [6.45, 7) is 6.03. The number of para-hydroxylation sites is 1. The van der Waals surface area contributed by atoms with Gasteiger partial charge in [0.2, 0.25) is 5.91 Å². The van der Waals surface area contributed by atoms with Gasteiger partial charge in [-0.3, -0.25) is 19.3 Å². The summed E-state index contributed by atoms with van der Waals surface area (Å²) in [6.07, 6.45) is 2.56. The molecule has 0 spiro atoms. The van der Waals surface area contributed by atoms with Gasteiger partial charge in [-0.2, -0.15) is 0 Å². The number of fused-ring (bicyclic) bond motifs is 1. The number of benzene rings is 2. The molecular formula is C25H25ClFN3O3S. The molecule has 0 aliphatic carbocycles. The van der Waals surface area contributed by atoms with Gasteiger partial charge in [-0.15, -0.1) is 0 Å². The molecule has 4 rings (SSSR count). The van der Waals surface area contributed by atoms with Crippen molar-refractivity contribution in [3.05, 3.63) is 63.3 Å². The van der Waals surface area contributed by atoms with Crippen molar-refractivity contribution in [3.63, 3.8) is 0 Å². The monoisotopic (exact) mass is 501 g/mol. The Kier molecular flexibility index (Phi) is 6.48. The zero-order chi connectivity index (χ0) is 24.8. The number of amides is 3. The molecule has 0 radical (unpaired) electrons. The van der Waals surface area contributed by atoms with E-state index in [9.17, 15) is 18.8 Å². The first-order valence-corrected chi connectivity index (χ1v) is 12.0. The maximum absolute atomic E-state index is 13.8. The zero-order valence-corrected chi connectivity index (χ0v) is 20.9. The molecule has 2 aromatic rings. The number of carbonyl (C=O) groups is 3. The fourth-order valence-electron chi connectivity index (χ4n) is 4.39. The Morgan fingerprint density at radius 1 is 1.29 bits per heavy atom. The maximum atomic E-state index is 13.8. The van der Waals surface area contributed by atoms with E-state index in [2.05, 4.69) is 31.0 Å². The van der Waals surface area contributed by atoms with E-state index >= 15 is 0 Å². The molecule has 1 fully saturated rings. The van der Waals surface area contributed by atoms with Crippen LogP contribution >= 0.6 is 23.4 Å². The molecule has 2 aliphatic rings. The fraction of sp³-hybridized carbons (Fsp3) is 0.320. The normalized spacial score (nSPS) is 20.6. The summed E-state index contributed by atoms with van der Waals surface area (Å²) < 4.78 is 13.8. The van der Waals surface area contributed by atoms with Crippen molar-refractivity contribution in [2.24, 2.45) is 0 Å². The Balaban J connectivity index is 1.55. The average Bonchev–Trinajstić information content (AvgIpc) is 3.02. The predicted octanol–water partition coefficient (Wildman–Crippen LogP) is 5.88. The van der Waals surface area contributed by atoms with Crippen LogP contribution in [0.3, 0.4) is 0 Å². The molecule has 1 N–H and O–H groups in total. The van der Waals surface area contributed by atoms with E-state index in [-0.39, 0.29) is 16.1 Å². The summed E-state index contributed by atoms with van der Waals surface area (Å²) in [5, 5.41) is 2.29. The first kappa shape index (κ1) is 24.3. The van der Waals surface area contributed by atoms with Gasteiger partial charge in [0.05, 0.1) is 10.6 Å². The Morgan fingerprint density at radius 2 is 2.00 bits per heavy atom. The number of nitrogens with zero attached hydrogens (tertiary/aromatic N) is 2. The van der Waals surface area contributed by atoms with Gasteiger partial charge >= 0.3 is 0 Å². The highest BCUT2D eigenvalue weighted by atomic mass is 35.5. The molecule has 0 saturated carbocycles. The van der Waals surface area contributed by atoms with Crippen LogP contribution in [0.1, 0.15) is 44.2 Å². The second-order valence-corrected chi connectivity index (χ2v) is 10.6. The molecule has 2 aromatic carbocycles. The van der Waals surface area contributed by atoms with E-state index in [0.29, 0.717) is 16.5 Å². The molecule has 9 heteroatoms. The first-order chi connectivity index (χ1) is 16.0. The number of imide groups is 1. The van der Waals surface area contributed by atoms with E-state index < -0.39 is 29.4 Å². The largest absolute Gasteiger partial charge is 0.369 e. The number of hydrogen-bond acceptors (Lipinski definition) is 5. The van der Waals surface area contributed by atoms with Crippen LogP contribution < -0.4 is 10.2 Å². The standard InChI is InChI=1S/C25H25ClFN3O3S/c1-14-12-25(2,3)29(4)20-11-17(26)15(9-16(14)20)10-21-23(32)30(24(33)34-21)13-22(31)28-19-8-6-5-7-18(19)27/h5-11,14H,12-13H2,1-4H3,(H,28,31)/b21-10+. The van der Waals surface area contributed by atoms with Gasteiger partial charge in [0.15, 0.2) is 0 Å². The van der Waals surface area contributed by atoms with Crippen molar-refractivity contribution in [1.29, 1.82) is 0 Å². The quantitative estimate of drug-likeness (QED) is 0.530. The van der Waals surface area contributed by atoms with Gasteiger partial charge in [0.1, 0.15) is 12.4 Å². The third kappa shape index (κ3) is 4.57. The third-order valence-electron chi connectivity index (χ3n) is 6.36. The lowest BCUT2D eigenvalue weighted by Crippen LogP contribution is -2.45. The summed E-state index contributed by atoms with van der Waals surface area (Å²) in [5.74, 6) is -1.56. The van der Waals surface area contributed by atoms with Crippen LogP contribution in [-0.2, 0) is 9.59 Å². The Labute approximate surface area is 207 Å². The van der Waals surface area contributed by atoms with E-state index in [1.165, 1.54) is 18.2 Å². The number of rotatable bonds is 4. The molecule has 1 saturated heterocycles. The van der Waals surface area contributed by atoms with Crippen LogP contribution in [0.15, 0.2) is 41.3 Å². The molecule has 1 unspecified atom stereocenters. The first-order valence-electron chi connectivity index (χ1n) is 10.8. The van der Waals surface area contributed by atoms with Gasteiger partial charge < -0.3 is 10.2 Å². The highest BCUT2D eigenvalue weighted by Gasteiger charge is 2.37. The molecule has 3 amide bonds. The van der Waals surface area contributed by atoms with E-state index in [4.69, 9.17) is 11.6 Å². The lowest BCUT2D eigenvalue weighted by atomic mass is 9.80. The van der Waals surface area contributed by atoms with Crippen LogP contribution in [0.4, 0.5) is 20.6 Å². The van der Waals surface area contributed by atoms with Crippen molar-refractivity contribution >= 4 is 57.9 Å². The molecule has 1 atom stereocenters. The number of halogens is 2. The van der Waals surface area contributed by atoms with Crippen molar-refractivity contribution in [2.45, 2.75) is 38.6 Å². The van der Waals surface area contributed by atoms with Crippen LogP contribution in [0.25, 0.3) is 6.08 Å². The molecular weight excluding hydrogens is 477 g/mol. The molecule has 34 heavy (non-hydrogen) atoms. The van der Waals surface area contributed by atoms with Crippen LogP contribution in [0.2, 0.25) is 5.02 Å². The van der Waals surface area contributed by atoms with Crippen LogP contribution in [0.5, 0.6) is 0 Å². The van der Waals surface area contributed by atoms with Crippen LogP contribution in [0, 0.1) is 5.82 Å². The summed E-state index contributed by atoms with van der Waals surface area (Å²) in [7, 11) is 2.04. The minimum atomic E-state index is -0.667. The van der Waals surface area contributed by atoms with Crippen molar-refractivity contribution in [3.8, 4) is 0 Å². The highest BCUT2D eigenvalue weighted by Crippen LogP contribution is 2.45. The SMILES string of the molecule is CC1CC(C)(C)N(C)c2cc(Cl)c(/C=C3/SC(=O)N(CC(=O)Nc4ccccc4F)C3=O)cc21. The highest BCUT2D eigenvalue weighted by molar-refractivity contribution is 8.18. The molecule has 6 nitrogen and oxygen atoms in total. The van der Waals surface area contributed by atoms with Crippen molar-refractivity contribution in [2.75, 3.05) is 23.8 Å².